The Morgan fingerprint density at radius 1 is 1.13 bits per heavy atom. The maximum Gasteiger partial charge on any atom is 0.161 e. The lowest BCUT2D eigenvalue weighted by Crippen LogP contribution is -1.89. The molecule has 15 heavy (non-hydrogen) atoms. The molecule has 0 N–H and O–H groups in total. The second kappa shape index (κ2) is 4.47. The van der Waals surface area contributed by atoms with Crippen molar-refractivity contribution in [2.75, 3.05) is 0 Å². The molecule has 0 saturated carbocycles. The zero-order valence-corrected chi connectivity index (χ0v) is 10.5. The van der Waals surface area contributed by atoms with Crippen molar-refractivity contribution in [2.24, 2.45) is 0 Å². The average molecular weight is 304 g/mol. The van der Waals surface area contributed by atoms with Crippen LogP contribution in [0.25, 0.3) is 11.4 Å². The molecule has 1 aromatic carbocycles. The third-order valence-corrected chi connectivity index (χ3v) is 2.80. The third kappa shape index (κ3) is 2.48. The molecule has 2 nitrogen and oxygen atoms in total. The summed E-state index contributed by atoms with van der Waals surface area (Å²) in [5.41, 5.74) is 0.727. The van der Waals surface area contributed by atoms with E-state index in [0.717, 1.165) is 5.56 Å². The number of aromatic nitrogens is 2. The quantitative estimate of drug-likeness (QED) is 0.737. The van der Waals surface area contributed by atoms with Crippen molar-refractivity contribution in [2.45, 2.75) is 0 Å². The van der Waals surface area contributed by atoms with Gasteiger partial charge in [-0.25, -0.2) is 9.97 Å². The van der Waals surface area contributed by atoms with E-state index in [1.54, 1.807) is 30.5 Å². The lowest BCUT2D eigenvalue weighted by atomic mass is 10.2. The van der Waals surface area contributed by atoms with Crippen LogP contribution in [0.4, 0.5) is 0 Å². The van der Waals surface area contributed by atoms with Crippen LogP contribution in [0.5, 0.6) is 0 Å². The lowest BCUT2D eigenvalue weighted by Gasteiger charge is -2.03. The highest BCUT2D eigenvalue weighted by Crippen LogP contribution is 2.28. The highest BCUT2D eigenvalue weighted by atomic mass is 79.9. The van der Waals surface area contributed by atoms with Crippen LogP contribution >= 0.6 is 39.1 Å². The summed E-state index contributed by atoms with van der Waals surface area (Å²) in [6, 6.07) is 6.95. The molecule has 0 radical (unpaired) electrons. The highest BCUT2D eigenvalue weighted by Gasteiger charge is 2.07. The van der Waals surface area contributed by atoms with Crippen LogP contribution in [0.15, 0.2) is 35.1 Å². The highest BCUT2D eigenvalue weighted by molar-refractivity contribution is 9.10. The molecule has 1 aromatic heterocycles. The molecule has 0 spiro atoms. The first-order valence-corrected chi connectivity index (χ1v) is 5.65. The number of hydrogen-bond acceptors (Lipinski definition) is 2. The minimum atomic E-state index is 0.553. The summed E-state index contributed by atoms with van der Waals surface area (Å²) in [5, 5.41) is 1.19. The van der Waals surface area contributed by atoms with Gasteiger partial charge in [-0.1, -0.05) is 23.2 Å². The topological polar surface area (TPSA) is 25.8 Å². The first-order valence-electron chi connectivity index (χ1n) is 4.11. The Morgan fingerprint density at radius 2 is 1.93 bits per heavy atom. The molecule has 2 rings (SSSR count). The van der Waals surface area contributed by atoms with E-state index in [-0.39, 0.29) is 0 Å². The van der Waals surface area contributed by atoms with Crippen molar-refractivity contribution in [1.82, 2.24) is 9.97 Å². The monoisotopic (exact) mass is 302 g/mol. The Balaban J connectivity index is 2.58. The second-order valence-electron chi connectivity index (χ2n) is 2.83. The molecule has 0 unspecified atom stereocenters. The van der Waals surface area contributed by atoms with Gasteiger partial charge < -0.3 is 0 Å². The van der Waals surface area contributed by atoms with Crippen LogP contribution < -0.4 is 0 Å². The Morgan fingerprint density at radius 3 is 2.67 bits per heavy atom. The molecule has 0 atom stereocenters. The minimum Gasteiger partial charge on any atom is -0.236 e. The van der Waals surface area contributed by atoms with Gasteiger partial charge in [-0.2, -0.15) is 0 Å². The van der Waals surface area contributed by atoms with E-state index in [9.17, 15) is 0 Å². The molecule has 0 saturated heterocycles. The zero-order valence-electron chi connectivity index (χ0n) is 7.42. The summed E-state index contributed by atoms with van der Waals surface area (Å²) in [5.74, 6) is 0.553. The van der Waals surface area contributed by atoms with Gasteiger partial charge in [0.1, 0.15) is 4.60 Å². The van der Waals surface area contributed by atoms with Crippen LogP contribution in [0.3, 0.4) is 0 Å². The maximum atomic E-state index is 6.03. The predicted octanol–water partition coefficient (Wildman–Crippen LogP) is 4.21. The molecule has 76 valence electrons. The summed E-state index contributed by atoms with van der Waals surface area (Å²) in [6.07, 6.45) is 1.66. The summed E-state index contributed by atoms with van der Waals surface area (Å²) in [4.78, 5) is 8.34. The fourth-order valence-corrected chi connectivity index (χ4v) is 1.80. The van der Waals surface area contributed by atoms with Crippen LogP contribution in [0.2, 0.25) is 10.0 Å². The van der Waals surface area contributed by atoms with E-state index in [2.05, 4.69) is 25.9 Å². The number of hydrogen-bond donors (Lipinski definition) is 0. The van der Waals surface area contributed by atoms with Gasteiger partial charge in [0.05, 0.1) is 5.02 Å². The average Bonchev–Trinajstić information content (AvgIpc) is 2.22. The van der Waals surface area contributed by atoms with Gasteiger partial charge >= 0.3 is 0 Å². The Bertz CT molecular complexity index is 503. The molecule has 0 aliphatic rings. The fraction of sp³-hybridized carbons (Fsp3) is 0. The van der Waals surface area contributed by atoms with E-state index in [0.29, 0.717) is 20.5 Å². The van der Waals surface area contributed by atoms with Crippen LogP contribution in [-0.2, 0) is 0 Å². The number of nitrogens with zero attached hydrogens (tertiary/aromatic N) is 2. The third-order valence-electron chi connectivity index (χ3n) is 1.79. The molecule has 0 amide bonds. The zero-order chi connectivity index (χ0) is 10.8. The van der Waals surface area contributed by atoms with Crippen molar-refractivity contribution in [3.63, 3.8) is 0 Å². The first kappa shape index (κ1) is 10.9. The van der Waals surface area contributed by atoms with Gasteiger partial charge in [0, 0.05) is 16.8 Å². The van der Waals surface area contributed by atoms with Crippen LogP contribution in [0, 0.1) is 0 Å². The Hall–Kier alpha value is -0.640. The van der Waals surface area contributed by atoms with Crippen molar-refractivity contribution in [3.05, 3.63) is 45.1 Å². The Labute approximate surface area is 105 Å². The smallest absolute Gasteiger partial charge is 0.161 e. The normalized spacial score (nSPS) is 10.3. The molecule has 1 heterocycles. The second-order valence-corrected chi connectivity index (χ2v) is 4.48. The van der Waals surface area contributed by atoms with Crippen LogP contribution in [-0.4, -0.2) is 9.97 Å². The van der Waals surface area contributed by atoms with Crippen molar-refractivity contribution < 1.29 is 0 Å². The molecule has 2 aromatic rings. The number of rotatable bonds is 1. The molecule has 5 heteroatoms. The molecule has 0 aliphatic heterocycles. The summed E-state index contributed by atoms with van der Waals surface area (Å²) >= 11 is 15.2. The summed E-state index contributed by atoms with van der Waals surface area (Å²) in [6.45, 7) is 0. The summed E-state index contributed by atoms with van der Waals surface area (Å²) in [7, 11) is 0. The van der Waals surface area contributed by atoms with E-state index >= 15 is 0 Å². The van der Waals surface area contributed by atoms with E-state index in [4.69, 9.17) is 23.2 Å². The first-order chi connectivity index (χ1) is 7.16. The van der Waals surface area contributed by atoms with Gasteiger partial charge in [-0.05, 0) is 40.2 Å². The van der Waals surface area contributed by atoms with Gasteiger partial charge in [0.25, 0.3) is 0 Å². The summed E-state index contributed by atoms with van der Waals surface area (Å²) < 4.78 is 0.712. The van der Waals surface area contributed by atoms with Crippen molar-refractivity contribution >= 4 is 39.1 Å². The molecule has 0 aliphatic carbocycles. The molecular weight excluding hydrogens is 299 g/mol. The SMILES string of the molecule is Clc1ccc(Cl)c(-c2nccc(Br)n2)c1. The molecule has 0 bridgehead atoms. The molecular formula is C10H5BrCl2N2. The van der Waals surface area contributed by atoms with E-state index < -0.39 is 0 Å². The predicted molar refractivity (Wildman–Crippen MR) is 65.2 cm³/mol. The van der Waals surface area contributed by atoms with Crippen LogP contribution in [0.1, 0.15) is 0 Å². The number of halogens is 3. The number of benzene rings is 1. The van der Waals surface area contributed by atoms with Gasteiger partial charge in [-0.3, -0.25) is 0 Å². The minimum absolute atomic E-state index is 0.553. The largest absolute Gasteiger partial charge is 0.236 e. The van der Waals surface area contributed by atoms with E-state index in [1.165, 1.54) is 0 Å². The molecule has 0 fully saturated rings. The van der Waals surface area contributed by atoms with Crippen molar-refractivity contribution in [1.29, 1.82) is 0 Å². The Kier molecular flexibility index (Phi) is 3.24. The van der Waals surface area contributed by atoms with Gasteiger partial charge in [0.15, 0.2) is 5.82 Å². The lowest BCUT2D eigenvalue weighted by molar-refractivity contribution is 1.15. The van der Waals surface area contributed by atoms with Gasteiger partial charge in [-0.15, -0.1) is 0 Å². The maximum absolute atomic E-state index is 6.03. The van der Waals surface area contributed by atoms with E-state index in [1.807, 2.05) is 0 Å². The standard InChI is InChI=1S/C10H5BrCl2N2/c11-9-3-4-14-10(15-9)7-5-6(12)1-2-8(7)13/h1-5H. The van der Waals surface area contributed by atoms with Crippen molar-refractivity contribution in [3.8, 4) is 11.4 Å². The fourth-order valence-electron chi connectivity index (χ4n) is 1.14. The van der Waals surface area contributed by atoms with Gasteiger partial charge in [0.2, 0.25) is 0 Å².